The van der Waals surface area contributed by atoms with Crippen LogP contribution in [0.2, 0.25) is 0 Å². The van der Waals surface area contributed by atoms with Crippen LogP contribution >= 0.6 is 0 Å². The average Bonchev–Trinajstić information content (AvgIpc) is 3.05. The van der Waals surface area contributed by atoms with Crippen LogP contribution in [0.1, 0.15) is 206 Å². The average molecular weight is 641 g/mol. The minimum atomic E-state index is -1.16. The monoisotopic (exact) mass is 641 g/mol. The normalized spacial score (nSPS) is 11.6. The summed E-state index contributed by atoms with van der Waals surface area (Å²) in [7, 11) is 0. The number of aliphatic hydroxyl groups excluding tert-OH is 2. The van der Waals surface area contributed by atoms with Crippen molar-refractivity contribution in [1.29, 1.82) is 0 Å². The number of aliphatic hydroxyl groups is 2. The molecule has 0 fully saturated rings. The lowest BCUT2D eigenvalue weighted by molar-refractivity contribution is -0.159. The Hall–Kier alpha value is -1.14. The van der Waals surface area contributed by atoms with E-state index >= 15 is 0 Å². The Morgan fingerprint density at radius 1 is 0.400 bits per heavy atom. The predicted octanol–water partition coefficient (Wildman–Crippen LogP) is 10.8. The van der Waals surface area contributed by atoms with E-state index in [0.717, 1.165) is 38.5 Å². The first kappa shape index (κ1) is 43.9. The first-order valence-corrected chi connectivity index (χ1v) is 19.6. The third kappa shape index (κ3) is 30.0. The Bertz CT molecular complexity index is 633. The number of unbranched alkanes of at least 4 members (excludes halogenated alkanes) is 26. The number of carbonyl (C=O) groups excluding carboxylic acids is 2. The van der Waals surface area contributed by atoms with Gasteiger partial charge in [0.05, 0.1) is 18.6 Å². The molecular formula is C39H76O6. The molecule has 0 atom stereocenters. The van der Waals surface area contributed by atoms with Crippen LogP contribution in [0.5, 0.6) is 0 Å². The van der Waals surface area contributed by atoms with Gasteiger partial charge in [0.2, 0.25) is 0 Å². The van der Waals surface area contributed by atoms with Crippen LogP contribution < -0.4 is 0 Å². The summed E-state index contributed by atoms with van der Waals surface area (Å²) in [5, 5.41) is 19.8. The van der Waals surface area contributed by atoms with E-state index < -0.39 is 18.6 Å². The van der Waals surface area contributed by atoms with Crippen LogP contribution in [-0.2, 0) is 19.1 Å². The van der Waals surface area contributed by atoms with Crippen molar-refractivity contribution in [2.75, 3.05) is 26.4 Å². The van der Waals surface area contributed by atoms with Crippen molar-refractivity contribution in [1.82, 2.24) is 0 Å². The highest BCUT2D eigenvalue weighted by atomic mass is 16.5. The van der Waals surface area contributed by atoms with E-state index in [-0.39, 0.29) is 25.2 Å². The maximum Gasteiger partial charge on any atom is 0.305 e. The lowest BCUT2D eigenvalue weighted by Crippen LogP contribution is -2.41. The largest absolute Gasteiger partial charge is 0.465 e. The van der Waals surface area contributed by atoms with Gasteiger partial charge in [0.1, 0.15) is 13.2 Å². The molecule has 0 heterocycles. The number of carbonyl (C=O) groups is 2. The van der Waals surface area contributed by atoms with Gasteiger partial charge in [0.25, 0.3) is 0 Å². The molecule has 0 spiro atoms. The van der Waals surface area contributed by atoms with E-state index in [1.807, 2.05) is 0 Å². The number of esters is 2. The second-order valence-corrected chi connectivity index (χ2v) is 13.8. The third-order valence-electron chi connectivity index (χ3n) is 9.22. The van der Waals surface area contributed by atoms with E-state index in [4.69, 9.17) is 9.47 Å². The molecule has 2 N–H and O–H groups in total. The second-order valence-electron chi connectivity index (χ2n) is 13.8. The van der Waals surface area contributed by atoms with E-state index in [1.165, 1.54) is 141 Å². The van der Waals surface area contributed by atoms with Crippen molar-refractivity contribution in [3.05, 3.63) is 0 Å². The third-order valence-corrected chi connectivity index (χ3v) is 9.22. The van der Waals surface area contributed by atoms with Crippen molar-refractivity contribution in [3.8, 4) is 0 Å². The van der Waals surface area contributed by atoms with Crippen molar-refractivity contribution in [2.24, 2.45) is 5.41 Å². The lowest BCUT2D eigenvalue weighted by Gasteiger charge is -2.28. The molecule has 0 aromatic heterocycles. The van der Waals surface area contributed by atoms with Crippen molar-refractivity contribution >= 4 is 11.9 Å². The highest BCUT2D eigenvalue weighted by molar-refractivity contribution is 5.69. The van der Waals surface area contributed by atoms with Gasteiger partial charge in [-0.05, 0) is 12.8 Å². The summed E-state index contributed by atoms with van der Waals surface area (Å²) in [6, 6.07) is 0. The van der Waals surface area contributed by atoms with E-state index in [1.54, 1.807) is 0 Å². The molecule has 45 heavy (non-hydrogen) atoms. The zero-order valence-electron chi connectivity index (χ0n) is 30.1. The molecule has 0 saturated heterocycles. The van der Waals surface area contributed by atoms with Gasteiger partial charge in [0.15, 0.2) is 0 Å². The van der Waals surface area contributed by atoms with Crippen LogP contribution in [0, 0.1) is 5.41 Å². The fourth-order valence-corrected chi connectivity index (χ4v) is 5.81. The van der Waals surface area contributed by atoms with Crippen molar-refractivity contribution in [3.63, 3.8) is 0 Å². The SMILES string of the molecule is CCCCCCCCCCCCCCCCCC(=O)OCC(CO)(CO)COC(=O)CCCCCCCCCCCCCCC. The van der Waals surface area contributed by atoms with Crippen LogP contribution in [0.3, 0.4) is 0 Å². The van der Waals surface area contributed by atoms with Gasteiger partial charge in [-0.15, -0.1) is 0 Å². The van der Waals surface area contributed by atoms with Gasteiger partial charge >= 0.3 is 11.9 Å². The number of ether oxygens (including phenoxy) is 2. The summed E-state index contributed by atoms with van der Waals surface area (Å²) in [6.07, 6.45) is 36.0. The maximum absolute atomic E-state index is 12.3. The van der Waals surface area contributed by atoms with Crippen LogP contribution in [0.4, 0.5) is 0 Å². The van der Waals surface area contributed by atoms with Crippen molar-refractivity contribution < 1.29 is 29.3 Å². The first-order chi connectivity index (χ1) is 22.0. The molecule has 0 aliphatic heterocycles. The molecule has 0 bridgehead atoms. The topological polar surface area (TPSA) is 93.1 Å². The van der Waals surface area contributed by atoms with Crippen LogP contribution in [0.25, 0.3) is 0 Å². The lowest BCUT2D eigenvalue weighted by atomic mass is 9.92. The Morgan fingerprint density at radius 2 is 0.622 bits per heavy atom. The fraction of sp³-hybridized carbons (Fsp3) is 0.949. The Morgan fingerprint density at radius 3 is 0.844 bits per heavy atom. The molecule has 6 heteroatoms. The summed E-state index contributed by atoms with van der Waals surface area (Å²) in [5.74, 6) is -0.650. The van der Waals surface area contributed by atoms with E-state index in [0.29, 0.717) is 12.8 Å². The standard InChI is InChI=1S/C39H76O6/c1-3-5-7-9-11-13-15-17-18-20-22-24-26-28-30-32-38(43)45-36-39(33-40,34-41)35-44-37(42)31-29-27-25-23-21-19-16-14-12-10-8-6-4-2/h40-41H,3-36H2,1-2H3. The zero-order valence-corrected chi connectivity index (χ0v) is 30.1. The second kappa shape index (κ2) is 34.2. The summed E-state index contributed by atoms with van der Waals surface area (Å²) < 4.78 is 10.7. The minimum absolute atomic E-state index is 0.149. The van der Waals surface area contributed by atoms with Gasteiger partial charge in [-0.1, -0.05) is 181 Å². The minimum Gasteiger partial charge on any atom is -0.465 e. The van der Waals surface area contributed by atoms with Gasteiger partial charge in [-0.25, -0.2) is 0 Å². The molecule has 0 aliphatic rings. The highest BCUT2D eigenvalue weighted by Gasteiger charge is 2.33. The molecule has 0 rings (SSSR count). The van der Waals surface area contributed by atoms with Crippen LogP contribution in [0.15, 0.2) is 0 Å². The molecular weight excluding hydrogens is 564 g/mol. The quantitative estimate of drug-likeness (QED) is 0.0523. The number of hydrogen-bond acceptors (Lipinski definition) is 6. The molecule has 0 aromatic rings. The summed E-state index contributed by atoms with van der Waals surface area (Å²) in [5.41, 5.74) is -1.16. The summed E-state index contributed by atoms with van der Waals surface area (Å²) >= 11 is 0. The zero-order chi connectivity index (χ0) is 33.1. The van der Waals surface area contributed by atoms with Gasteiger partial charge < -0.3 is 19.7 Å². The van der Waals surface area contributed by atoms with E-state index in [2.05, 4.69) is 13.8 Å². The number of rotatable bonds is 36. The highest BCUT2D eigenvalue weighted by Crippen LogP contribution is 2.20. The predicted molar refractivity (Wildman–Crippen MR) is 188 cm³/mol. The molecule has 0 aliphatic carbocycles. The molecule has 0 amide bonds. The summed E-state index contributed by atoms with van der Waals surface area (Å²) in [6.45, 7) is 3.39. The van der Waals surface area contributed by atoms with Gasteiger partial charge in [-0.3, -0.25) is 9.59 Å². The fourth-order valence-electron chi connectivity index (χ4n) is 5.81. The van der Waals surface area contributed by atoms with Crippen LogP contribution in [-0.4, -0.2) is 48.6 Å². The molecule has 0 saturated carbocycles. The molecule has 268 valence electrons. The molecule has 0 radical (unpaired) electrons. The van der Waals surface area contributed by atoms with Crippen molar-refractivity contribution in [2.45, 2.75) is 206 Å². The maximum atomic E-state index is 12.3. The summed E-state index contributed by atoms with van der Waals surface area (Å²) in [4.78, 5) is 24.5. The molecule has 0 unspecified atom stereocenters. The first-order valence-electron chi connectivity index (χ1n) is 19.6. The Kier molecular flexibility index (Phi) is 33.3. The van der Waals surface area contributed by atoms with Gasteiger partial charge in [0, 0.05) is 12.8 Å². The van der Waals surface area contributed by atoms with E-state index in [9.17, 15) is 19.8 Å². The Labute approximate surface area is 279 Å². The number of hydrogen-bond donors (Lipinski definition) is 2. The Balaban J connectivity index is 3.75. The molecule has 6 nitrogen and oxygen atoms in total. The van der Waals surface area contributed by atoms with Gasteiger partial charge in [-0.2, -0.15) is 0 Å². The smallest absolute Gasteiger partial charge is 0.305 e. The molecule has 0 aromatic carbocycles.